The van der Waals surface area contributed by atoms with Crippen molar-refractivity contribution in [1.29, 1.82) is 0 Å². The number of benzene rings is 2. The summed E-state index contributed by atoms with van der Waals surface area (Å²) >= 11 is 0. The van der Waals surface area contributed by atoms with E-state index in [0.717, 1.165) is 24.0 Å². The number of aryl methyl sites for hydroxylation is 3. The third-order valence-electron chi connectivity index (χ3n) is 5.16. The molecule has 0 amide bonds. The predicted octanol–water partition coefficient (Wildman–Crippen LogP) is 3.89. The Morgan fingerprint density at radius 3 is 2.46 bits per heavy atom. The van der Waals surface area contributed by atoms with Gasteiger partial charge in [-0.1, -0.05) is 24.3 Å². The van der Waals surface area contributed by atoms with E-state index in [1.54, 1.807) is 7.11 Å². The first-order valence-corrected chi connectivity index (χ1v) is 8.95. The minimum absolute atomic E-state index is 0.356. The van der Waals surface area contributed by atoms with Crippen molar-refractivity contribution in [2.24, 2.45) is 0 Å². The van der Waals surface area contributed by atoms with Gasteiger partial charge in [0.1, 0.15) is 11.4 Å². The maximum atomic E-state index is 12.3. The molecule has 0 spiro atoms. The number of rotatable bonds is 4. The quantitative estimate of drug-likeness (QED) is 0.728. The first-order chi connectivity index (χ1) is 12.6. The van der Waals surface area contributed by atoms with Gasteiger partial charge >= 0.3 is 0 Å². The van der Waals surface area contributed by atoms with Crippen LogP contribution in [-0.2, 0) is 12.8 Å². The number of ether oxygens (including phenoxy) is 1. The molecular weight excluding hydrogens is 326 g/mol. The van der Waals surface area contributed by atoms with Crippen molar-refractivity contribution in [3.8, 4) is 16.9 Å². The highest BCUT2D eigenvalue weighted by Gasteiger charge is 2.24. The van der Waals surface area contributed by atoms with Gasteiger partial charge in [0.05, 0.1) is 18.4 Å². The molecule has 3 aromatic rings. The molecule has 0 fully saturated rings. The Morgan fingerprint density at radius 2 is 1.69 bits per heavy atom. The highest BCUT2D eigenvalue weighted by atomic mass is 16.5. The van der Waals surface area contributed by atoms with E-state index in [9.17, 15) is 9.59 Å². The molecule has 0 heterocycles. The lowest BCUT2D eigenvalue weighted by atomic mass is 9.88. The van der Waals surface area contributed by atoms with Gasteiger partial charge in [0.25, 0.3) is 5.43 Å². The molecule has 0 unspecified atom stereocenters. The molecule has 0 saturated carbocycles. The zero-order valence-corrected chi connectivity index (χ0v) is 15.0. The average molecular weight is 347 g/mol. The van der Waals surface area contributed by atoms with Crippen LogP contribution in [-0.4, -0.2) is 7.11 Å². The molecule has 4 rings (SSSR count). The molecule has 0 bridgehead atoms. The van der Waals surface area contributed by atoms with Gasteiger partial charge < -0.3 is 10.1 Å². The van der Waals surface area contributed by atoms with Gasteiger partial charge in [0.2, 0.25) is 5.43 Å². The molecule has 1 N–H and O–H groups in total. The smallest absolute Gasteiger partial charge is 0.250 e. The van der Waals surface area contributed by atoms with Crippen LogP contribution in [0.4, 0.5) is 11.4 Å². The fourth-order valence-corrected chi connectivity index (χ4v) is 3.73. The van der Waals surface area contributed by atoms with Crippen LogP contribution in [0.2, 0.25) is 0 Å². The molecule has 1 aliphatic rings. The van der Waals surface area contributed by atoms with Crippen molar-refractivity contribution in [3.05, 3.63) is 73.5 Å². The second-order valence-electron chi connectivity index (χ2n) is 6.93. The zero-order valence-electron chi connectivity index (χ0n) is 15.0. The third kappa shape index (κ3) is 2.71. The van der Waals surface area contributed by atoms with Crippen LogP contribution in [0, 0.1) is 6.92 Å². The highest BCUT2D eigenvalue weighted by molar-refractivity contribution is 5.86. The van der Waals surface area contributed by atoms with E-state index < -0.39 is 10.9 Å². The summed E-state index contributed by atoms with van der Waals surface area (Å²) in [5.74, 6) is 0.639. The minimum Gasteiger partial charge on any atom is -0.495 e. The molecule has 3 aromatic carbocycles. The summed E-state index contributed by atoms with van der Waals surface area (Å²) in [6.07, 6.45) is 4.51. The lowest BCUT2D eigenvalue weighted by Crippen LogP contribution is -2.35. The number of anilines is 2. The Balaban J connectivity index is 1.75. The number of hydrogen-bond acceptors (Lipinski definition) is 4. The predicted molar refractivity (Wildman–Crippen MR) is 104 cm³/mol. The van der Waals surface area contributed by atoms with Crippen molar-refractivity contribution in [1.82, 2.24) is 0 Å². The maximum Gasteiger partial charge on any atom is 0.250 e. The number of fused-ring (bicyclic) bond motifs is 1. The molecule has 4 nitrogen and oxygen atoms in total. The topological polar surface area (TPSA) is 55.4 Å². The molecule has 132 valence electrons. The van der Waals surface area contributed by atoms with E-state index in [1.165, 1.54) is 24.0 Å². The number of methoxy groups -OCH3 is 1. The van der Waals surface area contributed by atoms with Gasteiger partial charge in [-0.15, -0.1) is 0 Å². The Kier molecular flexibility index (Phi) is 4.11. The highest BCUT2D eigenvalue weighted by Crippen LogP contribution is 2.33. The Hall–Kier alpha value is -2.88. The van der Waals surface area contributed by atoms with E-state index in [4.69, 9.17) is 4.74 Å². The van der Waals surface area contributed by atoms with Crippen LogP contribution in [0.15, 0.2) is 46.0 Å². The molecular formula is C22H21NO3. The van der Waals surface area contributed by atoms with Crippen molar-refractivity contribution in [2.45, 2.75) is 32.6 Å². The van der Waals surface area contributed by atoms with Crippen LogP contribution in [0.25, 0.3) is 11.1 Å². The van der Waals surface area contributed by atoms with E-state index in [0.29, 0.717) is 22.7 Å². The second kappa shape index (κ2) is 6.45. The summed E-state index contributed by atoms with van der Waals surface area (Å²) in [6.45, 7) is 1.97. The summed E-state index contributed by atoms with van der Waals surface area (Å²) in [5.41, 5.74) is 5.15. The summed E-state index contributed by atoms with van der Waals surface area (Å²) in [4.78, 5) is 24.5. The average Bonchev–Trinajstić information content (AvgIpc) is 2.67. The maximum absolute atomic E-state index is 12.3. The van der Waals surface area contributed by atoms with Crippen molar-refractivity contribution in [2.75, 3.05) is 12.4 Å². The molecule has 0 aliphatic heterocycles. The van der Waals surface area contributed by atoms with E-state index in [2.05, 4.69) is 17.4 Å². The third-order valence-corrected chi connectivity index (χ3v) is 5.16. The summed E-state index contributed by atoms with van der Waals surface area (Å²) in [5, 5.41) is 3.13. The lowest BCUT2D eigenvalue weighted by molar-refractivity contribution is 0.416. The van der Waals surface area contributed by atoms with Crippen LogP contribution in [0.1, 0.15) is 29.5 Å². The summed E-state index contributed by atoms with van der Waals surface area (Å²) in [6, 6.07) is 11.8. The molecule has 0 atom stereocenters. The van der Waals surface area contributed by atoms with Crippen LogP contribution < -0.4 is 20.9 Å². The van der Waals surface area contributed by atoms with Crippen molar-refractivity contribution in [3.63, 3.8) is 0 Å². The van der Waals surface area contributed by atoms with Crippen LogP contribution >= 0.6 is 0 Å². The minimum atomic E-state index is -0.471. The lowest BCUT2D eigenvalue weighted by Gasteiger charge is -2.19. The van der Waals surface area contributed by atoms with Crippen LogP contribution in [0.3, 0.4) is 0 Å². The fourth-order valence-electron chi connectivity index (χ4n) is 3.73. The van der Waals surface area contributed by atoms with Crippen LogP contribution in [0.5, 0.6) is 5.75 Å². The number of hydrogen-bond donors (Lipinski definition) is 1. The van der Waals surface area contributed by atoms with E-state index in [-0.39, 0.29) is 0 Å². The second-order valence-corrected chi connectivity index (χ2v) is 6.93. The summed E-state index contributed by atoms with van der Waals surface area (Å²) < 4.78 is 5.37. The largest absolute Gasteiger partial charge is 0.495 e. The normalized spacial score (nSPS) is 13.5. The van der Waals surface area contributed by atoms with E-state index >= 15 is 0 Å². The first kappa shape index (κ1) is 16.6. The Morgan fingerprint density at radius 1 is 0.923 bits per heavy atom. The molecule has 0 saturated heterocycles. The van der Waals surface area contributed by atoms with Gasteiger partial charge in [0, 0.05) is 0 Å². The summed E-state index contributed by atoms with van der Waals surface area (Å²) in [7, 11) is 1.59. The van der Waals surface area contributed by atoms with Gasteiger partial charge in [-0.25, -0.2) is 0 Å². The molecule has 1 aliphatic carbocycles. The zero-order chi connectivity index (χ0) is 18.3. The Bertz CT molecular complexity index is 1060. The van der Waals surface area contributed by atoms with Gasteiger partial charge in [-0.3, -0.25) is 9.59 Å². The van der Waals surface area contributed by atoms with Gasteiger partial charge in [-0.05, 0) is 67.0 Å². The first-order valence-electron chi connectivity index (χ1n) is 8.95. The molecule has 0 aromatic heterocycles. The van der Waals surface area contributed by atoms with Gasteiger partial charge in [-0.2, -0.15) is 0 Å². The van der Waals surface area contributed by atoms with Gasteiger partial charge in [0.15, 0.2) is 0 Å². The SMILES string of the molecule is COc1ccc(C)cc1Nc1c(-c2ccc3c(c2)CCCC3)c(=O)c1=O. The van der Waals surface area contributed by atoms with Crippen molar-refractivity contribution < 1.29 is 4.74 Å². The molecule has 0 radical (unpaired) electrons. The number of nitrogens with one attached hydrogen (secondary N) is 1. The molecule has 4 heteroatoms. The van der Waals surface area contributed by atoms with E-state index in [1.807, 2.05) is 31.2 Å². The van der Waals surface area contributed by atoms with Crippen molar-refractivity contribution >= 4 is 11.4 Å². The standard InChI is InChI=1S/C22H21NO3/c1-13-7-10-18(26-2)17(11-13)23-20-19(21(24)22(20)25)16-9-8-14-5-3-4-6-15(14)12-16/h7-12,23H,3-6H2,1-2H3. The Labute approximate surface area is 152 Å². The molecule has 26 heavy (non-hydrogen) atoms. The fraction of sp³-hybridized carbons (Fsp3) is 0.273. The monoisotopic (exact) mass is 347 g/mol.